The molecule has 0 aliphatic heterocycles. The largest absolute Gasteiger partial charge is 0.496 e. The van der Waals surface area contributed by atoms with Crippen LogP contribution in [-0.2, 0) is 13.1 Å². The highest BCUT2D eigenvalue weighted by Crippen LogP contribution is 2.22. The SMILES string of the molecule is COc1ccc(Cl)cc1CNCCCCn1ccnc1. The highest BCUT2D eigenvalue weighted by atomic mass is 35.5. The number of imidazole rings is 1. The third-order valence-electron chi connectivity index (χ3n) is 3.14. The molecule has 0 amide bonds. The monoisotopic (exact) mass is 293 g/mol. The first-order chi connectivity index (χ1) is 9.79. The smallest absolute Gasteiger partial charge is 0.123 e. The third-order valence-corrected chi connectivity index (χ3v) is 3.37. The number of unbranched alkanes of at least 4 members (excludes halogenated alkanes) is 1. The Morgan fingerprint density at radius 2 is 2.25 bits per heavy atom. The molecule has 0 spiro atoms. The van der Waals surface area contributed by atoms with Crippen molar-refractivity contribution in [1.82, 2.24) is 14.9 Å². The van der Waals surface area contributed by atoms with Gasteiger partial charge in [-0.05, 0) is 37.6 Å². The molecule has 1 aromatic heterocycles. The normalized spacial score (nSPS) is 10.7. The van der Waals surface area contributed by atoms with Gasteiger partial charge in [0.2, 0.25) is 0 Å². The van der Waals surface area contributed by atoms with Crippen molar-refractivity contribution in [2.24, 2.45) is 0 Å². The summed E-state index contributed by atoms with van der Waals surface area (Å²) >= 11 is 6.00. The predicted octanol–water partition coefficient (Wildman–Crippen LogP) is 3.12. The molecule has 0 unspecified atom stereocenters. The Balaban J connectivity index is 1.67. The van der Waals surface area contributed by atoms with Crippen molar-refractivity contribution in [1.29, 1.82) is 0 Å². The molecule has 5 heteroatoms. The Morgan fingerprint density at radius 3 is 3.00 bits per heavy atom. The van der Waals surface area contributed by atoms with E-state index in [1.54, 1.807) is 7.11 Å². The second kappa shape index (κ2) is 7.92. The lowest BCUT2D eigenvalue weighted by Crippen LogP contribution is -2.15. The van der Waals surface area contributed by atoms with Gasteiger partial charge >= 0.3 is 0 Å². The van der Waals surface area contributed by atoms with Crippen LogP contribution in [0.3, 0.4) is 0 Å². The summed E-state index contributed by atoms with van der Waals surface area (Å²) < 4.78 is 7.42. The Labute approximate surface area is 124 Å². The molecule has 1 aromatic carbocycles. The molecule has 2 rings (SSSR count). The van der Waals surface area contributed by atoms with Gasteiger partial charge in [0, 0.05) is 36.1 Å². The summed E-state index contributed by atoms with van der Waals surface area (Å²) in [7, 11) is 1.68. The van der Waals surface area contributed by atoms with Gasteiger partial charge in [0.05, 0.1) is 13.4 Å². The van der Waals surface area contributed by atoms with Gasteiger partial charge in [-0.15, -0.1) is 0 Å². The van der Waals surface area contributed by atoms with Gasteiger partial charge < -0.3 is 14.6 Å². The first-order valence-corrected chi connectivity index (χ1v) is 7.16. The van der Waals surface area contributed by atoms with E-state index in [1.165, 1.54) is 0 Å². The summed E-state index contributed by atoms with van der Waals surface area (Å²) in [5.41, 5.74) is 1.09. The second-order valence-electron chi connectivity index (χ2n) is 4.64. The van der Waals surface area contributed by atoms with Crippen molar-refractivity contribution in [3.63, 3.8) is 0 Å². The molecular formula is C15H20ClN3O. The van der Waals surface area contributed by atoms with Crippen LogP contribution in [0.15, 0.2) is 36.9 Å². The molecule has 0 radical (unpaired) electrons. The predicted molar refractivity (Wildman–Crippen MR) is 81.2 cm³/mol. The number of aryl methyl sites for hydroxylation is 1. The number of benzene rings is 1. The molecule has 1 N–H and O–H groups in total. The fourth-order valence-electron chi connectivity index (χ4n) is 2.07. The molecule has 2 aromatic rings. The lowest BCUT2D eigenvalue weighted by atomic mass is 10.2. The van der Waals surface area contributed by atoms with Gasteiger partial charge in [0.25, 0.3) is 0 Å². The minimum atomic E-state index is 0.739. The maximum Gasteiger partial charge on any atom is 0.123 e. The van der Waals surface area contributed by atoms with E-state index in [1.807, 2.05) is 36.9 Å². The fraction of sp³-hybridized carbons (Fsp3) is 0.400. The summed E-state index contributed by atoms with van der Waals surface area (Å²) in [5, 5.41) is 4.16. The van der Waals surface area contributed by atoms with E-state index in [0.29, 0.717) is 0 Å². The number of aromatic nitrogens is 2. The summed E-state index contributed by atoms with van der Waals surface area (Å²) in [6, 6.07) is 5.69. The number of halogens is 1. The van der Waals surface area contributed by atoms with Crippen molar-refractivity contribution in [3.05, 3.63) is 47.5 Å². The van der Waals surface area contributed by atoms with Gasteiger partial charge in [0.1, 0.15) is 5.75 Å². The molecule has 0 bridgehead atoms. The number of methoxy groups -OCH3 is 1. The lowest BCUT2D eigenvalue weighted by Gasteiger charge is -2.10. The number of ether oxygens (including phenoxy) is 1. The van der Waals surface area contributed by atoms with Crippen LogP contribution in [0.1, 0.15) is 18.4 Å². The van der Waals surface area contributed by atoms with Gasteiger partial charge in [-0.1, -0.05) is 11.6 Å². The zero-order valence-corrected chi connectivity index (χ0v) is 12.4. The molecule has 20 heavy (non-hydrogen) atoms. The Morgan fingerprint density at radius 1 is 1.35 bits per heavy atom. The van der Waals surface area contributed by atoms with E-state index in [0.717, 1.165) is 48.8 Å². The molecule has 108 valence electrons. The maximum absolute atomic E-state index is 6.00. The van der Waals surface area contributed by atoms with Crippen LogP contribution in [0.2, 0.25) is 5.02 Å². The van der Waals surface area contributed by atoms with Crippen LogP contribution in [0, 0.1) is 0 Å². The topological polar surface area (TPSA) is 39.1 Å². The number of nitrogens with zero attached hydrogens (tertiary/aromatic N) is 2. The lowest BCUT2D eigenvalue weighted by molar-refractivity contribution is 0.407. The van der Waals surface area contributed by atoms with E-state index < -0.39 is 0 Å². The van der Waals surface area contributed by atoms with E-state index >= 15 is 0 Å². The van der Waals surface area contributed by atoms with Crippen molar-refractivity contribution < 1.29 is 4.74 Å². The molecule has 0 saturated carbocycles. The van der Waals surface area contributed by atoms with Crippen LogP contribution in [0.5, 0.6) is 5.75 Å². The van der Waals surface area contributed by atoms with E-state index in [-0.39, 0.29) is 0 Å². The van der Waals surface area contributed by atoms with Crippen LogP contribution < -0.4 is 10.1 Å². The van der Waals surface area contributed by atoms with Gasteiger partial charge in [-0.2, -0.15) is 0 Å². The number of hydrogen-bond acceptors (Lipinski definition) is 3. The molecule has 0 aliphatic rings. The van der Waals surface area contributed by atoms with Crippen molar-refractivity contribution >= 4 is 11.6 Å². The Hall–Kier alpha value is -1.52. The highest BCUT2D eigenvalue weighted by Gasteiger charge is 2.03. The molecule has 0 saturated heterocycles. The van der Waals surface area contributed by atoms with Crippen molar-refractivity contribution in [3.8, 4) is 5.75 Å². The molecule has 0 fully saturated rings. The summed E-state index contributed by atoms with van der Waals surface area (Å²) in [6.07, 6.45) is 7.91. The molecule has 4 nitrogen and oxygen atoms in total. The van der Waals surface area contributed by atoms with E-state index in [4.69, 9.17) is 16.3 Å². The second-order valence-corrected chi connectivity index (χ2v) is 5.08. The third kappa shape index (κ3) is 4.54. The summed E-state index contributed by atoms with van der Waals surface area (Å²) in [4.78, 5) is 4.03. The van der Waals surface area contributed by atoms with Gasteiger partial charge in [-0.3, -0.25) is 0 Å². The number of hydrogen-bond donors (Lipinski definition) is 1. The number of rotatable bonds is 8. The first kappa shape index (κ1) is 14.9. The standard InChI is InChI=1S/C15H20ClN3O/c1-20-15-5-4-14(16)10-13(15)11-17-6-2-3-8-19-9-7-18-12-19/h4-5,7,9-10,12,17H,2-3,6,8,11H2,1H3. The molecule has 1 heterocycles. The van der Waals surface area contributed by atoms with Gasteiger partial charge in [0.15, 0.2) is 0 Å². The average Bonchev–Trinajstić information content (AvgIpc) is 2.96. The highest BCUT2D eigenvalue weighted by molar-refractivity contribution is 6.30. The zero-order valence-electron chi connectivity index (χ0n) is 11.7. The zero-order chi connectivity index (χ0) is 14.2. The van der Waals surface area contributed by atoms with E-state index in [2.05, 4.69) is 14.9 Å². The maximum atomic E-state index is 6.00. The van der Waals surface area contributed by atoms with Crippen molar-refractivity contribution in [2.45, 2.75) is 25.9 Å². The molecule has 0 atom stereocenters. The minimum Gasteiger partial charge on any atom is -0.496 e. The first-order valence-electron chi connectivity index (χ1n) is 6.78. The summed E-state index contributed by atoms with van der Waals surface area (Å²) in [5.74, 6) is 0.875. The van der Waals surface area contributed by atoms with E-state index in [9.17, 15) is 0 Å². The Bertz CT molecular complexity index is 514. The summed E-state index contributed by atoms with van der Waals surface area (Å²) in [6.45, 7) is 2.77. The molecule has 0 aliphatic carbocycles. The average molecular weight is 294 g/mol. The van der Waals surface area contributed by atoms with Crippen molar-refractivity contribution in [2.75, 3.05) is 13.7 Å². The fourth-order valence-corrected chi connectivity index (χ4v) is 2.27. The quantitative estimate of drug-likeness (QED) is 0.760. The van der Waals surface area contributed by atoms with Gasteiger partial charge in [-0.25, -0.2) is 4.98 Å². The minimum absolute atomic E-state index is 0.739. The van der Waals surface area contributed by atoms with Crippen LogP contribution in [0.4, 0.5) is 0 Å². The van der Waals surface area contributed by atoms with Crippen LogP contribution in [-0.4, -0.2) is 23.2 Å². The number of nitrogens with one attached hydrogen (secondary N) is 1. The van der Waals surface area contributed by atoms with Crippen LogP contribution in [0.25, 0.3) is 0 Å². The Kier molecular flexibility index (Phi) is 5.89. The van der Waals surface area contributed by atoms with Crippen LogP contribution >= 0.6 is 11.6 Å². The molecular weight excluding hydrogens is 274 g/mol.